The Balaban J connectivity index is 2.28. The quantitative estimate of drug-likeness (QED) is 0.837. The molecule has 94 valence electrons. The summed E-state index contributed by atoms with van der Waals surface area (Å²) in [6.07, 6.45) is 1.16. The van der Waals surface area contributed by atoms with Crippen molar-refractivity contribution >= 4 is 10.9 Å². The number of hydrogen-bond donors (Lipinski definition) is 1. The van der Waals surface area contributed by atoms with Crippen LogP contribution in [0.4, 0.5) is 0 Å². The molecule has 0 saturated heterocycles. The molecule has 2 heterocycles. The van der Waals surface area contributed by atoms with Crippen LogP contribution in [-0.4, -0.2) is 23.8 Å². The van der Waals surface area contributed by atoms with Gasteiger partial charge in [0.05, 0.1) is 31.5 Å². The lowest BCUT2D eigenvalue weighted by atomic mass is 9.92. The molecule has 2 atom stereocenters. The number of nitrogens with zero attached hydrogens (tertiary/aromatic N) is 1. The van der Waals surface area contributed by atoms with Crippen molar-refractivity contribution in [2.24, 2.45) is 5.92 Å². The van der Waals surface area contributed by atoms with E-state index >= 15 is 0 Å². The summed E-state index contributed by atoms with van der Waals surface area (Å²) in [5.41, 5.74) is 1.66. The lowest BCUT2D eigenvalue weighted by Crippen LogP contribution is -2.23. The number of pyridine rings is 1. The third-order valence-corrected chi connectivity index (χ3v) is 3.42. The second-order valence-corrected chi connectivity index (χ2v) is 4.65. The average Bonchev–Trinajstić information content (AvgIpc) is 2.41. The first-order valence-corrected chi connectivity index (χ1v) is 5.98. The fourth-order valence-corrected chi connectivity index (χ4v) is 2.32. The van der Waals surface area contributed by atoms with Gasteiger partial charge in [-0.25, -0.2) is 0 Å². The predicted octanol–water partition coefficient (Wildman–Crippen LogP) is 2.31. The van der Waals surface area contributed by atoms with Gasteiger partial charge in [-0.2, -0.15) is 0 Å². The normalized spacial score (nSPS) is 22.4. The van der Waals surface area contributed by atoms with Gasteiger partial charge in [0.2, 0.25) is 0 Å². The van der Waals surface area contributed by atoms with E-state index < -0.39 is 6.10 Å². The van der Waals surface area contributed by atoms with E-state index in [4.69, 9.17) is 9.47 Å². The molecule has 0 aliphatic carbocycles. The molecule has 0 bridgehead atoms. The van der Waals surface area contributed by atoms with Crippen molar-refractivity contribution in [3.63, 3.8) is 0 Å². The van der Waals surface area contributed by atoms with Crippen LogP contribution in [0.25, 0.3) is 10.9 Å². The molecule has 18 heavy (non-hydrogen) atoms. The number of fused-ring (bicyclic) bond motifs is 3. The summed E-state index contributed by atoms with van der Waals surface area (Å²) in [5, 5.41) is 11.2. The van der Waals surface area contributed by atoms with Crippen LogP contribution < -0.4 is 9.47 Å². The van der Waals surface area contributed by atoms with Gasteiger partial charge in [-0.15, -0.1) is 0 Å². The minimum absolute atomic E-state index is 0.0781. The Hall–Kier alpha value is -1.81. The van der Waals surface area contributed by atoms with Crippen LogP contribution in [-0.2, 0) is 0 Å². The zero-order chi connectivity index (χ0) is 12.7. The van der Waals surface area contributed by atoms with Crippen molar-refractivity contribution in [3.8, 4) is 11.5 Å². The number of aromatic nitrogens is 1. The number of hydrogen-bond acceptors (Lipinski definition) is 4. The highest BCUT2D eigenvalue weighted by Gasteiger charge is 2.28. The molecule has 1 aliphatic rings. The summed E-state index contributed by atoms with van der Waals surface area (Å²) in [7, 11) is 1.62. The minimum Gasteiger partial charge on any atom is -0.497 e. The van der Waals surface area contributed by atoms with Crippen molar-refractivity contribution in [3.05, 3.63) is 30.0 Å². The second-order valence-electron chi connectivity index (χ2n) is 4.65. The SMILES string of the molecule is COc1ccc2ncc3c(c2c1)C(O)C(C)CO3. The number of rotatable bonds is 1. The number of ether oxygens (including phenoxy) is 2. The van der Waals surface area contributed by atoms with Crippen molar-refractivity contribution in [2.75, 3.05) is 13.7 Å². The van der Waals surface area contributed by atoms with Gasteiger partial charge in [0.15, 0.2) is 0 Å². The standard InChI is InChI=1S/C14H15NO3/c1-8-7-18-12-6-15-11-4-3-9(17-2)5-10(11)13(12)14(8)16/h3-6,8,14,16H,7H2,1-2H3. The molecule has 4 nitrogen and oxygen atoms in total. The topological polar surface area (TPSA) is 51.6 Å². The molecule has 0 spiro atoms. The van der Waals surface area contributed by atoms with Crippen LogP contribution in [0.3, 0.4) is 0 Å². The molecular weight excluding hydrogens is 230 g/mol. The molecule has 3 rings (SSSR count). The average molecular weight is 245 g/mol. The Morgan fingerprint density at radius 3 is 3.06 bits per heavy atom. The maximum atomic E-state index is 10.3. The van der Waals surface area contributed by atoms with Gasteiger partial charge in [0.25, 0.3) is 0 Å². The highest BCUT2D eigenvalue weighted by atomic mass is 16.5. The van der Waals surface area contributed by atoms with Crippen LogP contribution in [0, 0.1) is 5.92 Å². The largest absolute Gasteiger partial charge is 0.497 e. The zero-order valence-electron chi connectivity index (χ0n) is 10.4. The molecule has 1 aromatic carbocycles. The van der Waals surface area contributed by atoms with E-state index in [1.165, 1.54) is 0 Å². The molecule has 2 unspecified atom stereocenters. The van der Waals surface area contributed by atoms with E-state index in [0.29, 0.717) is 12.4 Å². The van der Waals surface area contributed by atoms with Crippen LogP contribution in [0.5, 0.6) is 11.5 Å². The van der Waals surface area contributed by atoms with E-state index in [0.717, 1.165) is 22.2 Å². The first-order chi connectivity index (χ1) is 8.70. The summed E-state index contributed by atoms with van der Waals surface area (Å²) in [5.74, 6) is 1.50. The Kier molecular flexibility index (Phi) is 2.59. The summed E-state index contributed by atoms with van der Waals surface area (Å²) in [4.78, 5) is 4.34. The third kappa shape index (κ3) is 1.61. The summed E-state index contributed by atoms with van der Waals surface area (Å²) < 4.78 is 10.8. The van der Waals surface area contributed by atoms with E-state index in [-0.39, 0.29) is 5.92 Å². The second kappa shape index (κ2) is 4.14. The van der Waals surface area contributed by atoms with Crippen molar-refractivity contribution in [1.29, 1.82) is 0 Å². The number of methoxy groups -OCH3 is 1. The predicted molar refractivity (Wildman–Crippen MR) is 67.9 cm³/mol. The molecule has 0 amide bonds. The minimum atomic E-state index is -0.522. The molecule has 1 aromatic heterocycles. The number of benzene rings is 1. The van der Waals surface area contributed by atoms with Crippen molar-refractivity contribution < 1.29 is 14.6 Å². The molecular formula is C14H15NO3. The maximum Gasteiger partial charge on any atom is 0.144 e. The van der Waals surface area contributed by atoms with Crippen LogP contribution in [0.1, 0.15) is 18.6 Å². The molecule has 1 aliphatic heterocycles. The van der Waals surface area contributed by atoms with Gasteiger partial charge in [-0.3, -0.25) is 4.98 Å². The van der Waals surface area contributed by atoms with Gasteiger partial charge in [-0.1, -0.05) is 6.92 Å². The maximum absolute atomic E-state index is 10.3. The number of aliphatic hydroxyl groups excluding tert-OH is 1. The van der Waals surface area contributed by atoms with Gasteiger partial charge < -0.3 is 14.6 Å². The molecule has 4 heteroatoms. The van der Waals surface area contributed by atoms with E-state index in [1.807, 2.05) is 25.1 Å². The Labute approximate surface area is 105 Å². The van der Waals surface area contributed by atoms with E-state index in [1.54, 1.807) is 13.3 Å². The summed E-state index contributed by atoms with van der Waals surface area (Å²) >= 11 is 0. The molecule has 1 N–H and O–H groups in total. The monoisotopic (exact) mass is 245 g/mol. The lowest BCUT2D eigenvalue weighted by molar-refractivity contribution is 0.0616. The van der Waals surface area contributed by atoms with Crippen LogP contribution >= 0.6 is 0 Å². The summed E-state index contributed by atoms with van der Waals surface area (Å²) in [6.45, 7) is 2.49. The first kappa shape index (κ1) is 11.3. The number of aliphatic hydroxyl groups is 1. The fraction of sp³-hybridized carbons (Fsp3) is 0.357. The van der Waals surface area contributed by atoms with Gasteiger partial charge in [-0.05, 0) is 18.2 Å². The third-order valence-electron chi connectivity index (χ3n) is 3.42. The molecule has 0 radical (unpaired) electrons. The van der Waals surface area contributed by atoms with Gasteiger partial charge in [0, 0.05) is 16.9 Å². The van der Waals surface area contributed by atoms with Crippen LogP contribution in [0.15, 0.2) is 24.4 Å². The zero-order valence-corrected chi connectivity index (χ0v) is 10.4. The van der Waals surface area contributed by atoms with Crippen molar-refractivity contribution in [2.45, 2.75) is 13.0 Å². The van der Waals surface area contributed by atoms with E-state index in [2.05, 4.69) is 4.98 Å². The Morgan fingerprint density at radius 2 is 2.28 bits per heavy atom. The Morgan fingerprint density at radius 1 is 1.44 bits per heavy atom. The van der Waals surface area contributed by atoms with E-state index in [9.17, 15) is 5.11 Å². The smallest absolute Gasteiger partial charge is 0.144 e. The van der Waals surface area contributed by atoms with Gasteiger partial charge >= 0.3 is 0 Å². The lowest BCUT2D eigenvalue weighted by Gasteiger charge is -2.28. The molecule has 0 fully saturated rings. The van der Waals surface area contributed by atoms with Crippen LogP contribution in [0.2, 0.25) is 0 Å². The summed E-state index contributed by atoms with van der Waals surface area (Å²) in [6, 6.07) is 5.65. The Bertz CT molecular complexity index is 592. The highest BCUT2D eigenvalue weighted by Crippen LogP contribution is 2.39. The fourth-order valence-electron chi connectivity index (χ4n) is 2.32. The molecule has 0 saturated carbocycles. The van der Waals surface area contributed by atoms with Gasteiger partial charge in [0.1, 0.15) is 11.5 Å². The first-order valence-electron chi connectivity index (χ1n) is 5.98. The molecule has 2 aromatic rings. The van der Waals surface area contributed by atoms with Crippen molar-refractivity contribution in [1.82, 2.24) is 4.98 Å². The highest BCUT2D eigenvalue weighted by molar-refractivity contribution is 5.86.